The molecule has 2 amide bonds. The molecule has 1 aliphatic heterocycles. The fourth-order valence-electron chi connectivity index (χ4n) is 3.45. The van der Waals surface area contributed by atoms with Gasteiger partial charge in [0.2, 0.25) is 10.0 Å². The molecule has 3 aromatic rings. The maximum absolute atomic E-state index is 13.0. The topological polar surface area (TPSA) is 92.5 Å². The van der Waals surface area contributed by atoms with Gasteiger partial charge in [-0.05, 0) is 53.3 Å². The van der Waals surface area contributed by atoms with E-state index < -0.39 is 10.0 Å². The molecule has 2 heterocycles. The van der Waals surface area contributed by atoms with Crippen LogP contribution in [-0.2, 0) is 16.4 Å². The molecule has 0 radical (unpaired) electrons. The molecule has 1 aromatic heterocycles. The van der Waals surface area contributed by atoms with Gasteiger partial charge in [-0.25, -0.2) is 18.4 Å². The highest BCUT2D eigenvalue weighted by molar-refractivity contribution is 7.89. The number of hydrogen-bond acceptors (Lipinski definition) is 4. The van der Waals surface area contributed by atoms with E-state index in [1.54, 1.807) is 11.3 Å². The summed E-state index contributed by atoms with van der Waals surface area (Å²) in [5.74, 6) is 0. The lowest BCUT2D eigenvalue weighted by Gasteiger charge is -2.36. The number of urea groups is 1. The third kappa shape index (κ3) is 3.66. The van der Waals surface area contributed by atoms with Gasteiger partial charge in [0.1, 0.15) is 0 Å². The quantitative estimate of drug-likeness (QED) is 0.687. The van der Waals surface area contributed by atoms with Crippen LogP contribution in [0.15, 0.2) is 70.9 Å². The van der Waals surface area contributed by atoms with Gasteiger partial charge in [-0.1, -0.05) is 30.3 Å². The molecule has 0 bridgehead atoms. The van der Waals surface area contributed by atoms with E-state index in [1.165, 1.54) is 29.1 Å². The zero-order valence-electron chi connectivity index (χ0n) is 14.9. The Labute approximate surface area is 167 Å². The van der Waals surface area contributed by atoms with Crippen molar-refractivity contribution in [1.82, 2.24) is 4.90 Å². The second-order valence-corrected chi connectivity index (χ2v) is 9.12. The Bertz CT molecular complexity index is 1090. The summed E-state index contributed by atoms with van der Waals surface area (Å²) >= 11 is 1.72. The summed E-state index contributed by atoms with van der Waals surface area (Å²) in [6.07, 6.45) is 0.814. The van der Waals surface area contributed by atoms with Crippen molar-refractivity contribution in [2.75, 3.05) is 11.9 Å². The second-order valence-electron chi connectivity index (χ2n) is 6.56. The van der Waals surface area contributed by atoms with Crippen molar-refractivity contribution in [3.8, 4) is 0 Å². The number of carbonyl (C=O) groups is 1. The average Bonchev–Trinajstić information content (AvgIpc) is 3.16. The zero-order valence-corrected chi connectivity index (χ0v) is 16.5. The maximum Gasteiger partial charge on any atom is 0.322 e. The first kappa shape index (κ1) is 18.7. The number of anilines is 1. The van der Waals surface area contributed by atoms with Crippen LogP contribution in [0.25, 0.3) is 0 Å². The summed E-state index contributed by atoms with van der Waals surface area (Å²) in [7, 11) is -3.76. The summed E-state index contributed by atoms with van der Waals surface area (Å²) in [6, 6.07) is 17.5. The van der Waals surface area contributed by atoms with Crippen molar-refractivity contribution in [3.05, 3.63) is 82.0 Å². The minimum atomic E-state index is -3.76. The predicted octanol–water partition coefficient (Wildman–Crippen LogP) is 3.58. The molecule has 8 heteroatoms. The molecule has 0 aliphatic carbocycles. The van der Waals surface area contributed by atoms with Crippen LogP contribution in [0.1, 0.15) is 22.0 Å². The lowest BCUT2D eigenvalue weighted by atomic mass is 9.93. The third-order valence-electron chi connectivity index (χ3n) is 4.78. The summed E-state index contributed by atoms with van der Waals surface area (Å²) < 4.78 is 22.8. The first-order valence-corrected chi connectivity index (χ1v) is 11.2. The number of nitrogens with one attached hydrogen (secondary N) is 1. The van der Waals surface area contributed by atoms with Gasteiger partial charge in [0.25, 0.3) is 0 Å². The van der Waals surface area contributed by atoms with Crippen LogP contribution in [-0.4, -0.2) is 25.9 Å². The van der Waals surface area contributed by atoms with E-state index in [4.69, 9.17) is 5.14 Å². The van der Waals surface area contributed by atoms with E-state index in [2.05, 4.69) is 16.8 Å². The van der Waals surface area contributed by atoms with Crippen molar-refractivity contribution < 1.29 is 13.2 Å². The van der Waals surface area contributed by atoms with E-state index >= 15 is 0 Å². The number of benzene rings is 2. The largest absolute Gasteiger partial charge is 0.322 e. The Kier molecular flexibility index (Phi) is 4.92. The first-order chi connectivity index (χ1) is 13.4. The Morgan fingerprint density at radius 1 is 1.07 bits per heavy atom. The van der Waals surface area contributed by atoms with Crippen LogP contribution in [0.4, 0.5) is 10.5 Å². The number of sulfonamides is 1. The molecule has 0 fully saturated rings. The van der Waals surface area contributed by atoms with Crippen LogP contribution in [0.3, 0.4) is 0 Å². The standard InChI is InChI=1S/C20H19N3O3S2/c21-28(25,26)16-8-6-15(7-9-16)22-20(24)23-12-10-18-17(11-13-27-18)19(23)14-4-2-1-3-5-14/h1-9,11,13,19H,10,12H2,(H,22,24)(H2,21,25,26)/t19-/m0/s1. The number of carbonyl (C=O) groups excluding carboxylic acids is 1. The summed E-state index contributed by atoms with van der Waals surface area (Å²) in [5.41, 5.74) is 2.73. The zero-order chi connectivity index (χ0) is 19.7. The number of fused-ring (bicyclic) bond motifs is 1. The highest BCUT2D eigenvalue weighted by atomic mass is 32.2. The van der Waals surface area contributed by atoms with Gasteiger partial charge >= 0.3 is 6.03 Å². The lowest BCUT2D eigenvalue weighted by molar-refractivity contribution is 0.194. The first-order valence-electron chi connectivity index (χ1n) is 8.75. The van der Waals surface area contributed by atoms with E-state index in [0.29, 0.717) is 12.2 Å². The van der Waals surface area contributed by atoms with E-state index in [0.717, 1.165) is 17.5 Å². The van der Waals surface area contributed by atoms with Crippen LogP contribution in [0.5, 0.6) is 0 Å². The minimum Gasteiger partial charge on any atom is -0.313 e. The average molecular weight is 414 g/mol. The fourth-order valence-corrected chi connectivity index (χ4v) is 4.87. The second kappa shape index (κ2) is 7.38. The Morgan fingerprint density at radius 3 is 2.46 bits per heavy atom. The smallest absolute Gasteiger partial charge is 0.313 e. The number of hydrogen-bond donors (Lipinski definition) is 2. The number of thiophene rings is 1. The van der Waals surface area contributed by atoms with Gasteiger partial charge in [-0.15, -0.1) is 11.3 Å². The molecule has 0 spiro atoms. The van der Waals surface area contributed by atoms with Crippen LogP contribution < -0.4 is 10.5 Å². The van der Waals surface area contributed by atoms with Crippen molar-refractivity contribution in [1.29, 1.82) is 0 Å². The molecule has 28 heavy (non-hydrogen) atoms. The summed E-state index contributed by atoms with van der Waals surface area (Å²) in [5, 5.41) is 10.1. The number of nitrogens with zero attached hydrogens (tertiary/aromatic N) is 1. The van der Waals surface area contributed by atoms with Crippen molar-refractivity contribution >= 4 is 33.1 Å². The van der Waals surface area contributed by atoms with Crippen molar-refractivity contribution in [3.63, 3.8) is 0 Å². The molecule has 2 aromatic carbocycles. The van der Waals surface area contributed by atoms with Gasteiger partial charge in [0.05, 0.1) is 10.9 Å². The van der Waals surface area contributed by atoms with Gasteiger partial charge in [0, 0.05) is 17.1 Å². The Balaban J connectivity index is 1.61. The Morgan fingerprint density at radius 2 is 1.79 bits per heavy atom. The summed E-state index contributed by atoms with van der Waals surface area (Å²) in [6.45, 7) is 0.605. The van der Waals surface area contributed by atoms with Gasteiger partial charge in [-0.3, -0.25) is 0 Å². The van der Waals surface area contributed by atoms with Gasteiger partial charge in [0.15, 0.2) is 0 Å². The van der Waals surface area contributed by atoms with Crippen molar-refractivity contribution in [2.45, 2.75) is 17.4 Å². The summed E-state index contributed by atoms with van der Waals surface area (Å²) in [4.78, 5) is 16.2. The molecule has 1 atom stereocenters. The molecular formula is C20H19N3O3S2. The van der Waals surface area contributed by atoms with Crippen LogP contribution in [0.2, 0.25) is 0 Å². The molecule has 144 valence electrons. The number of rotatable bonds is 3. The number of primary sulfonamides is 1. The predicted molar refractivity (Wildman–Crippen MR) is 110 cm³/mol. The Hall–Kier alpha value is -2.68. The molecule has 0 saturated heterocycles. The van der Waals surface area contributed by atoms with Crippen LogP contribution in [0, 0.1) is 0 Å². The maximum atomic E-state index is 13.0. The molecule has 4 rings (SSSR count). The molecule has 0 saturated carbocycles. The monoisotopic (exact) mass is 413 g/mol. The SMILES string of the molecule is NS(=O)(=O)c1ccc(NC(=O)N2CCc3sccc3[C@@H]2c2ccccc2)cc1. The van der Waals surface area contributed by atoms with E-state index in [-0.39, 0.29) is 17.0 Å². The number of amides is 2. The minimum absolute atomic E-state index is 0.00792. The van der Waals surface area contributed by atoms with Crippen molar-refractivity contribution in [2.24, 2.45) is 5.14 Å². The van der Waals surface area contributed by atoms with Gasteiger partial charge in [-0.2, -0.15) is 0 Å². The molecule has 3 N–H and O–H groups in total. The molecule has 0 unspecified atom stereocenters. The fraction of sp³-hybridized carbons (Fsp3) is 0.150. The normalized spacial score (nSPS) is 16.5. The number of nitrogens with two attached hydrogens (primary N) is 1. The highest BCUT2D eigenvalue weighted by Crippen LogP contribution is 2.38. The van der Waals surface area contributed by atoms with E-state index in [1.807, 2.05) is 35.2 Å². The highest BCUT2D eigenvalue weighted by Gasteiger charge is 2.32. The van der Waals surface area contributed by atoms with Crippen LogP contribution >= 0.6 is 11.3 Å². The lowest BCUT2D eigenvalue weighted by Crippen LogP contribution is -2.42. The molecule has 1 aliphatic rings. The third-order valence-corrected chi connectivity index (χ3v) is 6.70. The van der Waals surface area contributed by atoms with Gasteiger partial charge < -0.3 is 10.2 Å². The van der Waals surface area contributed by atoms with E-state index in [9.17, 15) is 13.2 Å². The molecular weight excluding hydrogens is 394 g/mol. The molecule has 6 nitrogen and oxygen atoms in total.